The SMILES string of the molecule is O=C(O)N1CCCC2(CC(=O)N(c3cccc(C(F)(F)F)n3)C2)C1. The summed E-state index contributed by atoms with van der Waals surface area (Å²) >= 11 is 0. The standard InChI is InChI=1S/C15H16F3N3O3/c16-15(17,18)10-3-1-4-11(19-10)21-9-14(7-12(21)22)5-2-6-20(8-14)13(23)24/h1,3-4H,2,5-9H2,(H,23,24). The zero-order chi connectivity index (χ0) is 17.5. The van der Waals surface area contributed by atoms with Crippen LogP contribution in [0.5, 0.6) is 0 Å². The second kappa shape index (κ2) is 5.64. The minimum Gasteiger partial charge on any atom is -0.465 e. The number of carbonyl (C=O) groups is 2. The highest BCUT2D eigenvalue weighted by Crippen LogP contribution is 2.41. The number of alkyl halides is 3. The molecule has 130 valence electrons. The number of carboxylic acid groups (broad SMARTS) is 1. The van der Waals surface area contributed by atoms with Crippen LogP contribution in [0.15, 0.2) is 18.2 Å². The molecule has 0 aromatic carbocycles. The molecular weight excluding hydrogens is 327 g/mol. The van der Waals surface area contributed by atoms with E-state index in [4.69, 9.17) is 5.11 Å². The number of hydrogen-bond acceptors (Lipinski definition) is 3. The minimum atomic E-state index is -4.58. The Labute approximate surface area is 135 Å². The maximum atomic E-state index is 12.8. The van der Waals surface area contributed by atoms with E-state index in [2.05, 4.69) is 4.98 Å². The first-order chi connectivity index (χ1) is 11.2. The Balaban J connectivity index is 1.84. The van der Waals surface area contributed by atoms with Crippen LogP contribution in [0.4, 0.5) is 23.8 Å². The fourth-order valence-electron chi connectivity index (χ4n) is 3.48. The fraction of sp³-hybridized carbons (Fsp3) is 0.533. The molecule has 3 heterocycles. The minimum absolute atomic E-state index is 0.0425. The molecule has 0 saturated carbocycles. The molecule has 9 heteroatoms. The molecule has 0 bridgehead atoms. The lowest BCUT2D eigenvalue weighted by molar-refractivity contribution is -0.141. The van der Waals surface area contributed by atoms with Gasteiger partial charge in [0.15, 0.2) is 0 Å². The van der Waals surface area contributed by atoms with Gasteiger partial charge in [0.25, 0.3) is 0 Å². The van der Waals surface area contributed by atoms with Crippen molar-refractivity contribution in [3.05, 3.63) is 23.9 Å². The molecule has 1 unspecified atom stereocenters. The normalized spacial score (nSPS) is 24.7. The Hall–Kier alpha value is -2.32. The fourth-order valence-corrected chi connectivity index (χ4v) is 3.48. The topological polar surface area (TPSA) is 73.7 Å². The number of anilines is 1. The zero-order valence-corrected chi connectivity index (χ0v) is 12.7. The van der Waals surface area contributed by atoms with E-state index >= 15 is 0 Å². The average molecular weight is 343 g/mol. The number of hydrogen-bond donors (Lipinski definition) is 1. The van der Waals surface area contributed by atoms with E-state index in [0.29, 0.717) is 19.4 Å². The molecule has 2 saturated heterocycles. The van der Waals surface area contributed by atoms with Crippen LogP contribution in [-0.2, 0) is 11.0 Å². The number of aromatic nitrogens is 1. The van der Waals surface area contributed by atoms with Gasteiger partial charge >= 0.3 is 12.3 Å². The monoisotopic (exact) mass is 343 g/mol. The Kier molecular flexibility index (Phi) is 3.89. The Morgan fingerprint density at radius 2 is 2.04 bits per heavy atom. The molecule has 1 atom stereocenters. The lowest BCUT2D eigenvalue weighted by Crippen LogP contribution is -2.46. The summed E-state index contributed by atoms with van der Waals surface area (Å²) < 4.78 is 38.4. The second-order valence-electron chi connectivity index (χ2n) is 6.34. The first-order valence-corrected chi connectivity index (χ1v) is 7.53. The summed E-state index contributed by atoms with van der Waals surface area (Å²) in [4.78, 5) is 29.6. The van der Waals surface area contributed by atoms with Crippen molar-refractivity contribution < 1.29 is 27.9 Å². The third kappa shape index (κ3) is 3.02. The van der Waals surface area contributed by atoms with Crippen LogP contribution in [-0.4, -0.2) is 46.6 Å². The van der Waals surface area contributed by atoms with Gasteiger partial charge in [-0.25, -0.2) is 9.78 Å². The molecule has 3 rings (SSSR count). The van der Waals surface area contributed by atoms with Crippen molar-refractivity contribution in [1.29, 1.82) is 0 Å². The van der Waals surface area contributed by atoms with Crippen molar-refractivity contribution in [2.24, 2.45) is 5.41 Å². The molecule has 1 aromatic rings. The smallest absolute Gasteiger partial charge is 0.433 e. The first-order valence-electron chi connectivity index (χ1n) is 7.53. The number of piperidine rings is 1. The van der Waals surface area contributed by atoms with Gasteiger partial charge < -0.3 is 10.0 Å². The molecule has 2 fully saturated rings. The molecule has 2 aliphatic heterocycles. The molecule has 0 radical (unpaired) electrons. The number of likely N-dealkylation sites (tertiary alicyclic amines) is 1. The summed E-state index contributed by atoms with van der Waals surface area (Å²) in [7, 11) is 0. The van der Waals surface area contributed by atoms with Crippen molar-refractivity contribution in [2.45, 2.75) is 25.4 Å². The van der Waals surface area contributed by atoms with Crippen LogP contribution < -0.4 is 4.90 Å². The zero-order valence-electron chi connectivity index (χ0n) is 12.7. The predicted octanol–water partition coefficient (Wildman–Crippen LogP) is 2.60. The van der Waals surface area contributed by atoms with Gasteiger partial charge in [0.2, 0.25) is 5.91 Å². The third-order valence-electron chi connectivity index (χ3n) is 4.55. The molecule has 1 N–H and O–H groups in total. The van der Waals surface area contributed by atoms with E-state index in [-0.39, 0.29) is 31.2 Å². The molecule has 1 aromatic heterocycles. The number of amides is 2. The number of nitrogens with zero attached hydrogens (tertiary/aromatic N) is 3. The third-order valence-corrected chi connectivity index (χ3v) is 4.55. The number of carbonyl (C=O) groups excluding carboxylic acids is 1. The molecule has 24 heavy (non-hydrogen) atoms. The van der Waals surface area contributed by atoms with Gasteiger partial charge in [-0.05, 0) is 25.0 Å². The van der Waals surface area contributed by atoms with Gasteiger partial charge in [0.05, 0.1) is 0 Å². The van der Waals surface area contributed by atoms with Gasteiger partial charge in [0.1, 0.15) is 11.5 Å². The lowest BCUT2D eigenvalue weighted by Gasteiger charge is -2.38. The predicted molar refractivity (Wildman–Crippen MR) is 77.5 cm³/mol. The largest absolute Gasteiger partial charge is 0.465 e. The van der Waals surface area contributed by atoms with Gasteiger partial charge in [0, 0.05) is 31.5 Å². The van der Waals surface area contributed by atoms with Crippen molar-refractivity contribution in [3.63, 3.8) is 0 Å². The molecule has 2 amide bonds. The van der Waals surface area contributed by atoms with Crippen molar-refractivity contribution >= 4 is 17.8 Å². The lowest BCUT2D eigenvalue weighted by atomic mass is 9.79. The summed E-state index contributed by atoms with van der Waals surface area (Å²) in [5.41, 5.74) is -1.60. The van der Waals surface area contributed by atoms with E-state index in [1.807, 2.05) is 0 Å². The van der Waals surface area contributed by atoms with E-state index in [9.17, 15) is 22.8 Å². The summed E-state index contributed by atoms with van der Waals surface area (Å²) in [6, 6.07) is 3.43. The molecule has 1 spiro atoms. The number of halogens is 3. The molecule has 2 aliphatic rings. The summed E-state index contributed by atoms with van der Waals surface area (Å²) in [6.45, 7) is 0.806. The second-order valence-corrected chi connectivity index (χ2v) is 6.34. The Morgan fingerprint density at radius 1 is 1.29 bits per heavy atom. The van der Waals surface area contributed by atoms with E-state index < -0.39 is 23.4 Å². The van der Waals surface area contributed by atoms with Gasteiger partial charge in [-0.15, -0.1) is 0 Å². The van der Waals surface area contributed by atoms with Gasteiger partial charge in [-0.2, -0.15) is 13.2 Å². The van der Waals surface area contributed by atoms with E-state index in [1.54, 1.807) is 0 Å². The summed E-state index contributed by atoms with van der Waals surface area (Å²) in [5.74, 6) is -0.367. The highest BCUT2D eigenvalue weighted by Gasteiger charge is 2.47. The highest BCUT2D eigenvalue weighted by atomic mass is 19.4. The maximum Gasteiger partial charge on any atom is 0.433 e. The van der Waals surface area contributed by atoms with Crippen LogP contribution >= 0.6 is 0 Å². The highest BCUT2D eigenvalue weighted by molar-refractivity contribution is 5.95. The van der Waals surface area contributed by atoms with E-state index in [1.165, 1.54) is 21.9 Å². The van der Waals surface area contributed by atoms with E-state index in [0.717, 1.165) is 6.07 Å². The maximum absolute atomic E-state index is 12.8. The summed E-state index contributed by atoms with van der Waals surface area (Å²) in [6.07, 6.45) is -4.21. The molecular formula is C15H16F3N3O3. The molecule has 0 aliphatic carbocycles. The van der Waals surface area contributed by atoms with Gasteiger partial charge in [-0.1, -0.05) is 6.07 Å². The number of rotatable bonds is 1. The summed E-state index contributed by atoms with van der Waals surface area (Å²) in [5, 5.41) is 9.15. The average Bonchev–Trinajstić information content (AvgIpc) is 2.82. The molecule has 6 nitrogen and oxygen atoms in total. The quantitative estimate of drug-likeness (QED) is 0.851. The van der Waals surface area contributed by atoms with Crippen molar-refractivity contribution in [3.8, 4) is 0 Å². The first kappa shape index (κ1) is 16.5. The van der Waals surface area contributed by atoms with Crippen molar-refractivity contribution in [2.75, 3.05) is 24.5 Å². The van der Waals surface area contributed by atoms with Crippen LogP contribution in [0.1, 0.15) is 25.0 Å². The van der Waals surface area contributed by atoms with Crippen LogP contribution in [0.3, 0.4) is 0 Å². The van der Waals surface area contributed by atoms with Crippen LogP contribution in [0.2, 0.25) is 0 Å². The van der Waals surface area contributed by atoms with Crippen LogP contribution in [0.25, 0.3) is 0 Å². The van der Waals surface area contributed by atoms with Crippen molar-refractivity contribution in [1.82, 2.24) is 9.88 Å². The van der Waals surface area contributed by atoms with Crippen LogP contribution in [0, 0.1) is 5.41 Å². The van der Waals surface area contributed by atoms with Gasteiger partial charge in [-0.3, -0.25) is 9.69 Å². The Morgan fingerprint density at radius 3 is 2.71 bits per heavy atom. The number of pyridine rings is 1. The Bertz CT molecular complexity index is 679.